The van der Waals surface area contributed by atoms with E-state index in [0.29, 0.717) is 0 Å². The van der Waals surface area contributed by atoms with E-state index in [9.17, 15) is 14.9 Å². The van der Waals surface area contributed by atoms with E-state index in [1.54, 1.807) is 0 Å². The first-order chi connectivity index (χ1) is 6.02. The van der Waals surface area contributed by atoms with Crippen LogP contribution in [0, 0.1) is 10.1 Å². The Morgan fingerprint density at radius 3 is 2.50 bits per heavy atom. The van der Waals surface area contributed by atoms with E-state index in [1.165, 1.54) is 0 Å². The molecule has 70 valence electrons. The van der Waals surface area contributed by atoms with Gasteiger partial charge < -0.3 is 11.6 Å². The van der Waals surface area contributed by atoms with Crippen molar-refractivity contribution >= 4 is 11.7 Å². The fourth-order valence-electron chi connectivity index (χ4n) is 0.803. The number of phenols is 1. The maximum absolute atomic E-state index is 10.4. The van der Waals surface area contributed by atoms with Crippen LogP contribution in [-0.4, -0.2) is 21.1 Å². The van der Waals surface area contributed by atoms with E-state index in [-0.39, 0.29) is 36.5 Å². The molecule has 1 aromatic carbocycles. The van der Waals surface area contributed by atoms with Crippen LogP contribution < -0.4 is 29.6 Å². The molecule has 7 heteroatoms. The molecular formula is C7H6NNaO5. The predicted octanol–water partition coefficient (Wildman–Crippen LogP) is -1.88. The SMILES string of the molecule is O=C(O)c1ccc(O)c([N+](=O)[O-])c1.[H-].[Na+]. The van der Waals surface area contributed by atoms with Gasteiger partial charge in [-0.2, -0.15) is 0 Å². The monoisotopic (exact) mass is 207 g/mol. The molecule has 1 aromatic rings. The van der Waals surface area contributed by atoms with Gasteiger partial charge in [0.2, 0.25) is 0 Å². The summed E-state index contributed by atoms with van der Waals surface area (Å²) in [6.07, 6.45) is 0. The number of carboxylic acids is 1. The average molecular weight is 207 g/mol. The van der Waals surface area contributed by atoms with Gasteiger partial charge in [0, 0.05) is 6.07 Å². The normalized spacial score (nSPS) is 8.86. The number of hydrogen-bond acceptors (Lipinski definition) is 4. The fraction of sp³-hybridized carbons (Fsp3) is 0. The summed E-state index contributed by atoms with van der Waals surface area (Å²) in [5, 5.41) is 27.7. The van der Waals surface area contributed by atoms with E-state index >= 15 is 0 Å². The summed E-state index contributed by atoms with van der Waals surface area (Å²) < 4.78 is 0. The van der Waals surface area contributed by atoms with Crippen molar-refractivity contribution in [3.8, 4) is 5.75 Å². The molecule has 0 heterocycles. The Morgan fingerprint density at radius 2 is 2.07 bits per heavy atom. The number of aromatic carboxylic acids is 1. The predicted molar refractivity (Wildman–Crippen MR) is 42.8 cm³/mol. The van der Waals surface area contributed by atoms with Crippen molar-refractivity contribution in [2.24, 2.45) is 0 Å². The third kappa shape index (κ3) is 2.69. The molecule has 0 amide bonds. The van der Waals surface area contributed by atoms with Crippen molar-refractivity contribution in [3.63, 3.8) is 0 Å². The zero-order valence-electron chi connectivity index (χ0n) is 8.30. The van der Waals surface area contributed by atoms with E-state index in [2.05, 4.69) is 0 Å². The van der Waals surface area contributed by atoms with Gasteiger partial charge in [0.15, 0.2) is 5.75 Å². The second-order valence-electron chi connectivity index (χ2n) is 2.27. The molecule has 2 N–H and O–H groups in total. The first kappa shape index (κ1) is 12.9. The topological polar surface area (TPSA) is 101 Å². The van der Waals surface area contributed by atoms with Gasteiger partial charge in [0.05, 0.1) is 10.5 Å². The Morgan fingerprint density at radius 1 is 1.50 bits per heavy atom. The van der Waals surface area contributed by atoms with Crippen LogP contribution in [0.4, 0.5) is 5.69 Å². The first-order valence-corrected chi connectivity index (χ1v) is 3.23. The molecule has 0 aromatic heterocycles. The summed E-state index contributed by atoms with van der Waals surface area (Å²) in [4.78, 5) is 19.8. The second kappa shape index (κ2) is 4.94. The van der Waals surface area contributed by atoms with E-state index < -0.39 is 22.3 Å². The Kier molecular flexibility index (Phi) is 4.55. The molecule has 0 saturated carbocycles. The number of aromatic hydroxyl groups is 1. The minimum atomic E-state index is -1.27. The molecule has 0 fully saturated rings. The van der Waals surface area contributed by atoms with Gasteiger partial charge in [0.25, 0.3) is 0 Å². The number of nitro benzene ring substituents is 1. The molecule has 0 unspecified atom stereocenters. The molecule has 0 bridgehead atoms. The number of nitro groups is 1. The summed E-state index contributed by atoms with van der Waals surface area (Å²) in [5.74, 6) is -1.82. The third-order valence-electron chi connectivity index (χ3n) is 1.42. The van der Waals surface area contributed by atoms with Crippen LogP contribution in [-0.2, 0) is 0 Å². The first-order valence-electron chi connectivity index (χ1n) is 3.23. The molecule has 0 aliphatic heterocycles. The Hall–Kier alpha value is -1.11. The van der Waals surface area contributed by atoms with Gasteiger partial charge in [-0.15, -0.1) is 0 Å². The van der Waals surface area contributed by atoms with Crippen molar-refractivity contribution in [3.05, 3.63) is 33.9 Å². The minimum Gasteiger partial charge on any atom is -1.00 e. The van der Waals surface area contributed by atoms with Crippen molar-refractivity contribution in [2.45, 2.75) is 0 Å². The molecule has 0 spiro atoms. The molecule has 6 nitrogen and oxygen atoms in total. The Balaban J connectivity index is 0. The van der Waals surface area contributed by atoms with Crippen LogP contribution >= 0.6 is 0 Å². The summed E-state index contributed by atoms with van der Waals surface area (Å²) in [6.45, 7) is 0. The van der Waals surface area contributed by atoms with Crippen LogP contribution in [0.15, 0.2) is 18.2 Å². The van der Waals surface area contributed by atoms with Crippen molar-refractivity contribution in [2.75, 3.05) is 0 Å². The van der Waals surface area contributed by atoms with Crippen molar-refractivity contribution in [1.82, 2.24) is 0 Å². The summed E-state index contributed by atoms with van der Waals surface area (Å²) in [7, 11) is 0. The number of phenolic OH excluding ortho intramolecular Hbond substituents is 1. The van der Waals surface area contributed by atoms with Crippen molar-refractivity contribution < 1.29 is 50.9 Å². The summed E-state index contributed by atoms with van der Waals surface area (Å²) >= 11 is 0. The largest absolute Gasteiger partial charge is 1.00 e. The van der Waals surface area contributed by atoms with Gasteiger partial charge in [-0.1, -0.05) is 0 Å². The van der Waals surface area contributed by atoms with Crippen LogP contribution in [0.5, 0.6) is 5.75 Å². The van der Waals surface area contributed by atoms with Crippen molar-refractivity contribution in [1.29, 1.82) is 0 Å². The van der Waals surface area contributed by atoms with Crippen LogP contribution in [0.25, 0.3) is 0 Å². The number of carbonyl (C=O) groups is 1. The minimum absolute atomic E-state index is 0. The summed E-state index contributed by atoms with van der Waals surface area (Å²) in [6, 6.07) is 2.86. The molecular weight excluding hydrogens is 201 g/mol. The fourth-order valence-corrected chi connectivity index (χ4v) is 0.803. The zero-order valence-corrected chi connectivity index (χ0v) is 9.30. The number of nitrogens with zero attached hydrogens (tertiary/aromatic N) is 1. The second-order valence-corrected chi connectivity index (χ2v) is 2.27. The van der Waals surface area contributed by atoms with E-state index in [4.69, 9.17) is 10.2 Å². The Labute approximate surface area is 102 Å². The maximum atomic E-state index is 10.4. The number of carboxylic acid groups (broad SMARTS) is 1. The van der Waals surface area contributed by atoms with Gasteiger partial charge in [-0.25, -0.2) is 4.79 Å². The van der Waals surface area contributed by atoms with E-state index in [1.807, 2.05) is 0 Å². The number of rotatable bonds is 2. The zero-order chi connectivity index (χ0) is 10.0. The van der Waals surface area contributed by atoms with E-state index in [0.717, 1.165) is 18.2 Å². The molecule has 0 radical (unpaired) electrons. The van der Waals surface area contributed by atoms with Crippen LogP contribution in [0.2, 0.25) is 0 Å². The van der Waals surface area contributed by atoms with Gasteiger partial charge >= 0.3 is 41.2 Å². The average Bonchev–Trinajstić information content (AvgIpc) is 2.04. The molecule has 0 aliphatic carbocycles. The third-order valence-corrected chi connectivity index (χ3v) is 1.42. The quantitative estimate of drug-likeness (QED) is 0.335. The smallest absolute Gasteiger partial charge is 1.00 e. The molecule has 0 atom stereocenters. The molecule has 0 aliphatic rings. The van der Waals surface area contributed by atoms with Gasteiger partial charge in [0.1, 0.15) is 0 Å². The van der Waals surface area contributed by atoms with Gasteiger partial charge in [-0.05, 0) is 12.1 Å². The molecule has 0 saturated heterocycles. The molecule has 1 rings (SSSR count). The maximum Gasteiger partial charge on any atom is 1.00 e. The van der Waals surface area contributed by atoms with Crippen LogP contribution in [0.3, 0.4) is 0 Å². The van der Waals surface area contributed by atoms with Gasteiger partial charge in [-0.3, -0.25) is 10.1 Å². The number of benzene rings is 1. The number of hydrogen-bond donors (Lipinski definition) is 2. The Bertz CT molecular complexity index is 384. The molecule has 14 heavy (non-hydrogen) atoms. The summed E-state index contributed by atoms with van der Waals surface area (Å²) in [5.41, 5.74) is -0.843. The standard InChI is InChI=1S/C7H5NO5.Na.H/c9-6-2-1-4(7(10)11)3-5(6)8(12)13;;/h1-3,9H,(H,10,11);;/q;+1;-1. The van der Waals surface area contributed by atoms with Crippen LogP contribution in [0.1, 0.15) is 11.8 Å².